The number of Topliss-reactive ketones (excluding diaryl/α,β-unsaturated/α-hetero) is 1. The van der Waals surface area contributed by atoms with Crippen LogP contribution in [0.5, 0.6) is 0 Å². The first-order valence-electron chi connectivity index (χ1n) is 7.53. The molecule has 114 valence electrons. The molecule has 2 rings (SSSR count). The number of carbonyl (C=O) groups is 2. The first-order chi connectivity index (χ1) is 9.72. The zero-order valence-electron chi connectivity index (χ0n) is 12.2. The molecule has 0 aromatic carbocycles. The summed E-state index contributed by atoms with van der Waals surface area (Å²) in [5.41, 5.74) is 0. The fourth-order valence-electron chi connectivity index (χ4n) is 2.94. The van der Waals surface area contributed by atoms with Crippen LogP contribution in [0.2, 0.25) is 0 Å². The number of ketones is 1. The minimum absolute atomic E-state index is 0.0620. The lowest BCUT2D eigenvalue weighted by atomic mass is 9.89. The Morgan fingerprint density at radius 1 is 1.25 bits per heavy atom. The van der Waals surface area contributed by atoms with Gasteiger partial charge in [-0.1, -0.05) is 0 Å². The highest BCUT2D eigenvalue weighted by molar-refractivity contribution is 5.90. The molecule has 2 saturated heterocycles. The molecule has 2 amide bonds. The van der Waals surface area contributed by atoms with Crippen molar-refractivity contribution in [1.82, 2.24) is 15.5 Å². The molecule has 0 saturated carbocycles. The zero-order valence-corrected chi connectivity index (χ0v) is 12.2. The molecule has 0 aromatic rings. The van der Waals surface area contributed by atoms with Gasteiger partial charge in [0.25, 0.3) is 0 Å². The van der Waals surface area contributed by atoms with Gasteiger partial charge >= 0.3 is 6.03 Å². The second kappa shape index (κ2) is 7.59. The molecule has 0 radical (unpaired) electrons. The molecule has 1 unspecified atom stereocenters. The Morgan fingerprint density at radius 3 is 2.50 bits per heavy atom. The SMILES string of the molecule is CNCC(=O)C(NC(=O)N1CCCC1)C1CCOCC1. The van der Waals surface area contributed by atoms with Crippen molar-refractivity contribution in [2.75, 3.05) is 39.9 Å². The van der Waals surface area contributed by atoms with Gasteiger partial charge in [0.05, 0.1) is 12.6 Å². The summed E-state index contributed by atoms with van der Waals surface area (Å²) in [6.45, 7) is 3.24. The summed E-state index contributed by atoms with van der Waals surface area (Å²) in [5.74, 6) is 0.253. The Labute approximate surface area is 120 Å². The quantitative estimate of drug-likeness (QED) is 0.765. The topological polar surface area (TPSA) is 70.7 Å². The van der Waals surface area contributed by atoms with Gasteiger partial charge in [0.15, 0.2) is 5.78 Å². The number of urea groups is 1. The van der Waals surface area contributed by atoms with Crippen LogP contribution in [0.1, 0.15) is 25.7 Å². The average molecular weight is 283 g/mol. The third-order valence-corrected chi connectivity index (χ3v) is 4.11. The van der Waals surface area contributed by atoms with Gasteiger partial charge in [-0.2, -0.15) is 0 Å². The van der Waals surface area contributed by atoms with Gasteiger partial charge in [0, 0.05) is 26.3 Å². The number of nitrogens with zero attached hydrogens (tertiary/aromatic N) is 1. The van der Waals surface area contributed by atoms with Gasteiger partial charge in [0.1, 0.15) is 0 Å². The first-order valence-corrected chi connectivity index (χ1v) is 7.53. The minimum atomic E-state index is -0.389. The minimum Gasteiger partial charge on any atom is -0.381 e. The van der Waals surface area contributed by atoms with Crippen LogP contribution >= 0.6 is 0 Å². The van der Waals surface area contributed by atoms with Gasteiger partial charge in [-0.3, -0.25) is 4.79 Å². The van der Waals surface area contributed by atoms with Crippen molar-refractivity contribution < 1.29 is 14.3 Å². The molecule has 0 bridgehead atoms. The monoisotopic (exact) mass is 283 g/mol. The normalized spacial score (nSPS) is 21.8. The summed E-state index contributed by atoms with van der Waals surface area (Å²) >= 11 is 0. The molecule has 2 aliphatic heterocycles. The summed E-state index contributed by atoms with van der Waals surface area (Å²) in [4.78, 5) is 26.3. The summed E-state index contributed by atoms with van der Waals surface area (Å²) < 4.78 is 5.34. The van der Waals surface area contributed by atoms with Crippen molar-refractivity contribution in [1.29, 1.82) is 0 Å². The van der Waals surface area contributed by atoms with Gasteiger partial charge < -0.3 is 20.3 Å². The van der Waals surface area contributed by atoms with Gasteiger partial charge in [-0.15, -0.1) is 0 Å². The van der Waals surface area contributed by atoms with Crippen LogP contribution in [-0.4, -0.2) is 62.7 Å². The van der Waals surface area contributed by atoms with E-state index in [1.165, 1.54) is 0 Å². The fraction of sp³-hybridized carbons (Fsp3) is 0.857. The van der Waals surface area contributed by atoms with E-state index in [0.29, 0.717) is 19.8 Å². The first kappa shape index (κ1) is 15.3. The zero-order chi connectivity index (χ0) is 14.4. The molecule has 2 fully saturated rings. The highest BCUT2D eigenvalue weighted by Gasteiger charge is 2.32. The second-order valence-electron chi connectivity index (χ2n) is 5.57. The van der Waals surface area contributed by atoms with Crippen molar-refractivity contribution in [3.63, 3.8) is 0 Å². The van der Waals surface area contributed by atoms with Crippen LogP contribution in [0.3, 0.4) is 0 Å². The summed E-state index contributed by atoms with van der Waals surface area (Å²) in [5, 5.41) is 5.84. The number of likely N-dealkylation sites (N-methyl/N-ethyl adjacent to an activating group) is 1. The Kier molecular flexibility index (Phi) is 5.79. The number of rotatable bonds is 5. The highest BCUT2D eigenvalue weighted by atomic mass is 16.5. The molecule has 20 heavy (non-hydrogen) atoms. The lowest BCUT2D eigenvalue weighted by molar-refractivity contribution is -0.122. The molecule has 2 aliphatic rings. The number of hydrogen-bond acceptors (Lipinski definition) is 4. The maximum absolute atomic E-state index is 12.3. The largest absolute Gasteiger partial charge is 0.381 e. The molecule has 0 aromatic heterocycles. The van der Waals surface area contributed by atoms with Crippen LogP contribution in [0.15, 0.2) is 0 Å². The summed E-state index contributed by atoms with van der Waals surface area (Å²) in [6.07, 6.45) is 3.78. The number of nitrogens with one attached hydrogen (secondary N) is 2. The van der Waals surface area contributed by atoms with Gasteiger partial charge in [0.2, 0.25) is 0 Å². The van der Waals surface area contributed by atoms with E-state index in [4.69, 9.17) is 4.74 Å². The molecule has 0 aliphatic carbocycles. The smallest absolute Gasteiger partial charge is 0.317 e. The van der Waals surface area contributed by atoms with Gasteiger partial charge in [-0.25, -0.2) is 4.79 Å². The van der Waals surface area contributed by atoms with E-state index in [-0.39, 0.29) is 23.8 Å². The Morgan fingerprint density at radius 2 is 1.90 bits per heavy atom. The Balaban J connectivity index is 1.97. The van der Waals surface area contributed by atoms with Crippen LogP contribution in [-0.2, 0) is 9.53 Å². The molecule has 1 atom stereocenters. The number of ether oxygens (including phenoxy) is 1. The van der Waals surface area contributed by atoms with Crippen molar-refractivity contribution >= 4 is 11.8 Å². The number of amides is 2. The third kappa shape index (κ3) is 3.93. The molecule has 2 heterocycles. The van der Waals surface area contributed by atoms with Crippen molar-refractivity contribution in [3.8, 4) is 0 Å². The molecule has 2 N–H and O–H groups in total. The Bertz CT molecular complexity index is 335. The molecular formula is C14H25N3O3. The van der Waals surface area contributed by atoms with Crippen LogP contribution < -0.4 is 10.6 Å². The predicted molar refractivity (Wildman–Crippen MR) is 75.6 cm³/mol. The van der Waals surface area contributed by atoms with E-state index in [2.05, 4.69) is 10.6 Å². The van der Waals surface area contributed by atoms with Crippen molar-refractivity contribution in [2.45, 2.75) is 31.7 Å². The lowest BCUT2D eigenvalue weighted by Gasteiger charge is -2.31. The van der Waals surface area contributed by atoms with E-state index in [1.54, 1.807) is 11.9 Å². The van der Waals surface area contributed by atoms with Crippen molar-refractivity contribution in [3.05, 3.63) is 0 Å². The maximum Gasteiger partial charge on any atom is 0.317 e. The number of hydrogen-bond donors (Lipinski definition) is 2. The molecule has 6 heteroatoms. The number of carbonyl (C=O) groups excluding carboxylic acids is 2. The van der Waals surface area contributed by atoms with E-state index >= 15 is 0 Å². The third-order valence-electron chi connectivity index (χ3n) is 4.11. The van der Waals surface area contributed by atoms with Gasteiger partial charge in [-0.05, 0) is 38.6 Å². The van der Waals surface area contributed by atoms with E-state index in [0.717, 1.165) is 38.8 Å². The van der Waals surface area contributed by atoms with E-state index in [1.807, 2.05) is 0 Å². The predicted octanol–water partition coefficient (Wildman–Crippen LogP) is 0.376. The average Bonchev–Trinajstić information content (AvgIpc) is 3.00. The van der Waals surface area contributed by atoms with Crippen molar-refractivity contribution in [2.24, 2.45) is 5.92 Å². The van der Waals surface area contributed by atoms with E-state index in [9.17, 15) is 9.59 Å². The van der Waals surface area contributed by atoms with Crippen LogP contribution in [0.4, 0.5) is 4.79 Å². The fourth-order valence-corrected chi connectivity index (χ4v) is 2.94. The molecule has 0 spiro atoms. The van der Waals surface area contributed by atoms with Crippen LogP contribution in [0.25, 0.3) is 0 Å². The Hall–Kier alpha value is -1.14. The second-order valence-corrected chi connectivity index (χ2v) is 5.57. The molecule has 6 nitrogen and oxygen atoms in total. The maximum atomic E-state index is 12.3. The lowest BCUT2D eigenvalue weighted by Crippen LogP contribution is -2.53. The summed E-state index contributed by atoms with van der Waals surface area (Å²) in [6, 6.07) is -0.483. The highest BCUT2D eigenvalue weighted by Crippen LogP contribution is 2.20. The molecular weight excluding hydrogens is 258 g/mol. The van der Waals surface area contributed by atoms with Crippen LogP contribution in [0, 0.1) is 5.92 Å². The summed E-state index contributed by atoms with van der Waals surface area (Å²) in [7, 11) is 1.75. The van der Waals surface area contributed by atoms with E-state index < -0.39 is 0 Å². The number of likely N-dealkylation sites (tertiary alicyclic amines) is 1. The standard InChI is InChI=1S/C14H25N3O3/c1-15-10-12(18)13(11-4-8-20-9-5-11)16-14(19)17-6-2-3-7-17/h11,13,15H,2-10H2,1H3,(H,16,19).